The Morgan fingerprint density at radius 2 is 2.16 bits per heavy atom. The number of anilines is 1. The van der Waals surface area contributed by atoms with E-state index in [0.717, 1.165) is 17.6 Å². The van der Waals surface area contributed by atoms with E-state index in [4.69, 9.17) is 5.26 Å². The smallest absolute Gasteiger partial charge is 0.256 e. The van der Waals surface area contributed by atoms with E-state index >= 15 is 0 Å². The van der Waals surface area contributed by atoms with Crippen LogP contribution in [0.4, 0.5) is 10.1 Å². The molecule has 1 heterocycles. The van der Waals surface area contributed by atoms with E-state index in [9.17, 15) is 14.3 Å². The minimum atomic E-state index is -1.37. The molecule has 4 nitrogen and oxygen atoms in total. The van der Waals surface area contributed by atoms with E-state index in [1.54, 1.807) is 17.8 Å². The summed E-state index contributed by atoms with van der Waals surface area (Å²) < 4.78 is 13.2. The van der Waals surface area contributed by atoms with Crippen LogP contribution in [0, 0.1) is 17.1 Å². The zero-order valence-electron chi connectivity index (χ0n) is 10.1. The zero-order chi connectivity index (χ0) is 13.9. The van der Waals surface area contributed by atoms with Crippen LogP contribution in [0.25, 0.3) is 0 Å². The van der Waals surface area contributed by atoms with Gasteiger partial charge in [-0.15, -0.1) is 0 Å². The number of carbonyl (C=O) groups excluding carboxylic acids is 1. The van der Waals surface area contributed by atoms with E-state index in [0.29, 0.717) is 18.5 Å². The molecule has 0 atom stereocenters. The standard InChI is InChI=1S/C13H13FN2O2S/c14-11-2-1-10(7-9(11)8-15)16-12(17)13(18)3-5-19-6-4-13/h1-2,7,18H,3-6H2,(H,16,17). The predicted octanol–water partition coefficient (Wildman–Crippen LogP) is 1.89. The maximum absolute atomic E-state index is 13.2. The molecule has 2 rings (SSSR count). The van der Waals surface area contributed by atoms with Crippen LogP contribution in [0.15, 0.2) is 18.2 Å². The predicted molar refractivity (Wildman–Crippen MR) is 71.3 cm³/mol. The third kappa shape index (κ3) is 3.06. The van der Waals surface area contributed by atoms with Crippen molar-refractivity contribution in [2.24, 2.45) is 0 Å². The third-order valence-electron chi connectivity index (χ3n) is 3.09. The molecule has 0 saturated carbocycles. The Hall–Kier alpha value is -1.58. The molecule has 1 aromatic carbocycles. The largest absolute Gasteiger partial charge is 0.380 e. The molecule has 1 aromatic rings. The second-order valence-electron chi connectivity index (χ2n) is 4.40. The molecule has 0 aliphatic carbocycles. The lowest BCUT2D eigenvalue weighted by Gasteiger charge is -2.30. The van der Waals surface area contributed by atoms with Gasteiger partial charge in [-0.05, 0) is 42.5 Å². The zero-order valence-corrected chi connectivity index (χ0v) is 11.0. The van der Waals surface area contributed by atoms with Gasteiger partial charge in [-0.25, -0.2) is 4.39 Å². The lowest BCUT2D eigenvalue weighted by atomic mass is 9.95. The fraction of sp³-hybridized carbons (Fsp3) is 0.385. The number of carbonyl (C=O) groups is 1. The first-order valence-corrected chi connectivity index (χ1v) is 7.02. The van der Waals surface area contributed by atoms with Crippen LogP contribution < -0.4 is 5.32 Å². The monoisotopic (exact) mass is 280 g/mol. The molecule has 1 aliphatic heterocycles. The van der Waals surface area contributed by atoms with Gasteiger partial charge in [-0.2, -0.15) is 17.0 Å². The number of nitrogens with one attached hydrogen (secondary N) is 1. The number of rotatable bonds is 2. The van der Waals surface area contributed by atoms with Crippen molar-refractivity contribution >= 4 is 23.4 Å². The fourth-order valence-electron chi connectivity index (χ4n) is 1.87. The lowest BCUT2D eigenvalue weighted by Crippen LogP contribution is -2.45. The van der Waals surface area contributed by atoms with Gasteiger partial charge in [0.2, 0.25) is 0 Å². The Morgan fingerprint density at radius 3 is 2.79 bits per heavy atom. The molecule has 100 valence electrons. The van der Waals surface area contributed by atoms with Gasteiger partial charge in [0.15, 0.2) is 0 Å². The van der Waals surface area contributed by atoms with Crippen LogP contribution in [0.2, 0.25) is 0 Å². The summed E-state index contributed by atoms with van der Waals surface area (Å²) in [7, 11) is 0. The highest BCUT2D eigenvalue weighted by Gasteiger charge is 2.37. The molecule has 0 radical (unpaired) electrons. The molecule has 0 unspecified atom stereocenters. The summed E-state index contributed by atoms with van der Waals surface area (Å²) in [6, 6.07) is 5.45. The molecular formula is C13H13FN2O2S. The third-order valence-corrected chi connectivity index (χ3v) is 4.07. The van der Waals surface area contributed by atoms with Crippen molar-refractivity contribution in [2.45, 2.75) is 18.4 Å². The van der Waals surface area contributed by atoms with Crippen molar-refractivity contribution in [3.8, 4) is 6.07 Å². The molecule has 1 aliphatic rings. The molecule has 6 heteroatoms. The van der Waals surface area contributed by atoms with Gasteiger partial charge in [0.05, 0.1) is 5.56 Å². The second kappa shape index (κ2) is 5.59. The average Bonchev–Trinajstić information content (AvgIpc) is 2.41. The summed E-state index contributed by atoms with van der Waals surface area (Å²) in [4.78, 5) is 12.0. The van der Waals surface area contributed by atoms with Crippen LogP contribution >= 0.6 is 11.8 Å². The van der Waals surface area contributed by atoms with Crippen molar-refractivity contribution in [1.29, 1.82) is 5.26 Å². The van der Waals surface area contributed by atoms with E-state index in [2.05, 4.69) is 5.32 Å². The Labute approximate surface area is 114 Å². The Bertz CT molecular complexity index is 536. The molecule has 19 heavy (non-hydrogen) atoms. The summed E-state index contributed by atoms with van der Waals surface area (Å²) >= 11 is 1.70. The van der Waals surface area contributed by atoms with Crippen LogP contribution in [-0.2, 0) is 4.79 Å². The quantitative estimate of drug-likeness (QED) is 0.867. The molecule has 1 fully saturated rings. The number of nitriles is 1. The van der Waals surface area contributed by atoms with Crippen molar-refractivity contribution in [1.82, 2.24) is 0 Å². The first-order chi connectivity index (χ1) is 9.05. The molecule has 1 amide bonds. The van der Waals surface area contributed by atoms with Crippen LogP contribution in [-0.4, -0.2) is 28.1 Å². The Kier molecular flexibility index (Phi) is 4.08. The van der Waals surface area contributed by atoms with Crippen LogP contribution in [0.3, 0.4) is 0 Å². The summed E-state index contributed by atoms with van der Waals surface area (Å²) in [5.41, 5.74) is -1.19. The average molecular weight is 280 g/mol. The SMILES string of the molecule is N#Cc1cc(NC(=O)C2(O)CCSCC2)ccc1F. The molecular weight excluding hydrogens is 267 g/mol. The summed E-state index contributed by atoms with van der Waals surface area (Å²) in [5, 5.41) is 21.5. The van der Waals surface area contributed by atoms with Gasteiger partial charge in [0, 0.05) is 5.69 Å². The van der Waals surface area contributed by atoms with E-state index in [-0.39, 0.29) is 5.56 Å². The number of hydrogen-bond acceptors (Lipinski definition) is 4. The number of nitrogens with zero attached hydrogens (tertiary/aromatic N) is 1. The maximum Gasteiger partial charge on any atom is 0.256 e. The summed E-state index contributed by atoms with van der Waals surface area (Å²) in [6.45, 7) is 0. The van der Waals surface area contributed by atoms with Gasteiger partial charge in [-0.3, -0.25) is 4.79 Å². The van der Waals surface area contributed by atoms with Crippen molar-refractivity contribution in [2.75, 3.05) is 16.8 Å². The second-order valence-corrected chi connectivity index (χ2v) is 5.63. The van der Waals surface area contributed by atoms with Crippen LogP contribution in [0.1, 0.15) is 18.4 Å². The highest BCUT2D eigenvalue weighted by molar-refractivity contribution is 7.99. The molecule has 1 saturated heterocycles. The first kappa shape index (κ1) is 13.8. The topological polar surface area (TPSA) is 73.1 Å². The minimum absolute atomic E-state index is 0.135. The lowest BCUT2D eigenvalue weighted by molar-refractivity contribution is -0.134. The number of thioether (sulfide) groups is 1. The van der Waals surface area contributed by atoms with Crippen molar-refractivity contribution in [3.63, 3.8) is 0 Å². The van der Waals surface area contributed by atoms with Gasteiger partial charge in [-0.1, -0.05) is 0 Å². The normalized spacial score (nSPS) is 17.5. The highest BCUT2D eigenvalue weighted by Crippen LogP contribution is 2.28. The van der Waals surface area contributed by atoms with Crippen molar-refractivity contribution < 1.29 is 14.3 Å². The summed E-state index contributed by atoms with van der Waals surface area (Å²) in [6.07, 6.45) is 0.797. The number of hydrogen-bond donors (Lipinski definition) is 2. The summed E-state index contributed by atoms with van der Waals surface area (Å²) in [5.74, 6) is 0.338. The fourth-order valence-corrected chi connectivity index (χ4v) is 3.04. The van der Waals surface area contributed by atoms with E-state index < -0.39 is 17.3 Å². The van der Waals surface area contributed by atoms with E-state index in [1.165, 1.54) is 12.1 Å². The Balaban J connectivity index is 2.13. The number of halogens is 1. The van der Waals surface area contributed by atoms with E-state index in [1.807, 2.05) is 0 Å². The number of benzene rings is 1. The maximum atomic E-state index is 13.2. The van der Waals surface area contributed by atoms with Gasteiger partial charge in [0.25, 0.3) is 5.91 Å². The van der Waals surface area contributed by atoms with Gasteiger partial charge in [0.1, 0.15) is 17.5 Å². The molecule has 0 spiro atoms. The first-order valence-electron chi connectivity index (χ1n) is 5.86. The Morgan fingerprint density at radius 1 is 1.47 bits per heavy atom. The number of amides is 1. The highest BCUT2D eigenvalue weighted by atomic mass is 32.2. The minimum Gasteiger partial charge on any atom is -0.380 e. The molecule has 0 aromatic heterocycles. The van der Waals surface area contributed by atoms with Gasteiger partial charge >= 0.3 is 0 Å². The molecule has 2 N–H and O–H groups in total. The van der Waals surface area contributed by atoms with Crippen LogP contribution in [0.5, 0.6) is 0 Å². The molecule has 0 bridgehead atoms. The van der Waals surface area contributed by atoms with Crippen molar-refractivity contribution in [3.05, 3.63) is 29.6 Å². The van der Waals surface area contributed by atoms with Gasteiger partial charge < -0.3 is 10.4 Å². The number of aliphatic hydroxyl groups is 1.